The lowest BCUT2D eigenvalue weighted by Gasteiger charge is -2.16. The summed E-state index contributed by atoms with van der Waals surface area (Å²) >= 11 is 0. The molecule has 1 aromatic carbocycles. The van der Waals surface area contributed by atoms with Crippen LogP contribution in [0.25, 0.3) is 0 Å². The second-order valence-electron chi connectivity index (χ2n) is 5.22. The number of rotatable bonds is 6. The molecule has 0 aliphatic carbocycles. The molecule has 1 aliphatic rings. The van der Waals surface area contributed by atoms with E-state index in [1.807, 2.05) is 0 Å². The minimum Gasteiger partial charge on any atom is -0.468 e. The van der Waals surface area contributed by atoms with Gasteiger partial charge in [-0.15, -0.1) is 0 Å². The molecule has 1 N–H and O–H groups in total. The van der Waals surface area contributed by atoms with E-state index >= 15 is 0 Å². The Kier molecular flexibility index (Phi) is 4.48. The van der Waals surface area contributed by atoms with E-state index < -0.39 is 15.1 Å². The minimum atomic E-state index is -3.79. The van der Waals surface area contributed by atoms with Crippen LogP contribution >= 0.6 is 0 Å². The normalized spacial score (nSPS) is 14.4. The molecule has 24 heavy (non-hydrogen) atoms. The smallest absolute Gasteiger partial charge is 0.231 e. The summed E-state index contributed by atoms with van der Waals surface area (Å²) in [6, 6.07) is 7.63. The molecule has 8 heteroatoms. The molecule has 0 unspecified atom stereocenters. The zero-order chi connectivity index (χ0) is 17.2. The maximum Gasteiger partial charge on any atom is 0.231 e. The fourth-order valence-electron chi connectivity index (χ4n) is 2.39. The highest BCUT2D eigenvalue weighted by molar-refractivity contribution is 7.91. The van der Waals surface area contributed by atoms with E-state index in [0.29, 0.717) is 11.5 Å². The predicted octanol–water partition coefficient (Wildman–Crippen LogP) is 2.05. The first kappa shape index (κ1) is 16.4. The molecule has 0 saturated heterocycles. The van der Waals surface area contributed by atoms with Crippen molar-refractivity contribution in [3.05, 3.63) is 42.4 Å². The van der Waals surface area contributed by atoms with Crippen LogP contribution in [0.3, 0.4) is 0 Å². The van der Waals surface area contributed by atoms with E-state index in [0.717, 1.165) is 0 Å². The van der Waals surface area contributed by atoms with Crippen LogP contribution in [0.4, 0.5) is 0 Å². The van der Waals surface area contributed by atoms with Gasteiger partial charge in [0.05, 0.1) is 11.2 Å². The van der Waals surface area contributed by atoms with Crippen molar-refractivity contribution in [2.24, 2.45) is 0 Å². The van der Waals surface area contributed by atoms with Gasteiger partial charge in [0.1, 0.15) is 11.0 Å². The van der Waals surface area contributed by atoms with Crippen LogP contribution in [0.1, 0.15) is 24.4 Å². The van der Waals surface area contributed by atoms with Gasteiger partial charge >= 0.3 is 0 Å². The van der Waals surface area contributed by atoms with Crippen molar-refractivity contribution >= 4 is 15.7 Å². The van der Waals surface area contributed by atoms with Crippen LogP contribution in [0.15, 0.2) is 45.9 Å². The zero-order valence-electron chi connectivity index (χ0n) is 13.0. The third-order valence-corrected chi connectivity index (χ3v) is 5.77. The fourth-order valence-corrected chi connectivity index (χ4v) is 3.99. The van der Waals surface area contributed by atoms with Crippen molar-refractivity contribution in [2.45, 2.75) is 23.5 Å². The molecule has 0 fully saturated rings. The highest BCUT2D eigenvalue weighted by Gasteiger charge is 2.33. The molecule has 7 nitrogen and oxygen atoms in total. The number of sulfone groups is 1. The van der Waals surface area contributed by atoms with Gasteiger partial charge in [-0.2, -0.15) is 0 Å². The van der Waals surface area contributed by atoms with Crippen LogP contribution in [-0.4, -0.2) is 27.7 Å². The van der Waals surface area contributed by atoms with Crippen LogP contribution in [0.2, 0.25) is 0 Å². The number of carbonyl (C=O) groups is 1. The van der Waals surface area contributed by atoms with Crippen molar-refractivity contribution < 1.29 is 27.1 Å². The second-order valence-corrected chi connectivity index (χ2v) is 7.35. The molecule has 1 aliphatic heterocycles. The van der Waals surface area contributed by atoms with Gasteiger partial charge in [-0.3, -0.25) is 4.79 Å². The summed E-state index contributed by atoms with van der Waals surface area (Å²) < 4.78 is 41.8. The highest BCUT2D eigenvalue weighted by atomic mass is 32.2. The van der Waals surface area contributed by atoms with Gasteiger partial charge in [0.2, 0.25) is 12.7 Å². The van der Waals surface area contributed by atoms with Crippen LogP contribution in [0.5, 0.6) is 11.5 Å². The Bertz CT molecular complexity index is 828. The van der Waals surface area contributed by atoms with Crippen molar-refractivity contribution in [3.8, 4) is 11.5 Å². The average molecular weight is 351 g/mol. The Morgan fingerprint density at radius 3 is 2.75 bits per heavy atom. The van der Waals surface area contributed by atoms with E-state index in [4.69, 9.17) is 13.9 Å². The topological polar surface area (TPSA) is 94.8 Å². The standard InChI is InChI=1S/C16H17NO6S/c1-2-16(18)17-9-15(13-4-3-7-21-13)24(19,20)11-5-6-12-14(8-11)23-10-22-12/h3-8,15H,2,9-10H2,1H3,(H,17,18)/t15-/m0/s1. The third kappa shape index (κ3) is 3.09. The summed E-state index contributed by atoms with van der Waals surface area (Å²) in [5.74, 6) is 0.922. The number of benzene rings is 1. The van der Waals surface area contributed by atoms with Gasteiger partial charge in [-0.05, 0) is 24.3 Å². The van der Waals surface area contributed by atoms with E-state index in [1.54, 1.807) is 25.1 Å². The molecule has 1 atom stereocenters. The average Bonchev–Trinajstić information content (AvgIpc) is 3.25. The van der Waals surface area contributed by atoms with E-state index in [-0.39, 0.29) is 36.3 Å². The first-order valence-corrected chi connectivity index (χ1v) is 9.00. The zero-order valence-corrected chi connectivity index (χ0v) is 13.8. The molecule has 128 valence electrons. The van der Waals surface area contributed by atoms with Crippen LogP contribution < -0.4 is 14.8 Å². The SMILES string of the molecule is CCC(=O)NC[C@@H](c1ccco1)S(=O)(=O)c1ccc2c(c1)OCO2. The first-order valence-electron chi connectivity index (χ1n) is 7.46. The van der Waals surface area contributed by atoms with E-state index in [2.05, 4.69) is 5.32 Å². The molecular formula is C16H17NO6S. The van der Waals surface area contributed by atoms with Gasteiger partial charge in [0.25, 0.3) is 0 Å². The number of furan rings is 1. The number of ether oxygens (including phenoxy) is 2. The molecule has 0 radical (unpaired) electrons. The Labute approximate surface area is 139 Å². The Hall–Kier alpha value is -2.48. The van der Waals surface area contributed by atoms with Gasteiger partial charge in [-0.1, -0.05) is 6.92 Å². The lowest BCUT2D eigenvalue weighted by Crippen LogP contribution is -2.31. The lowest BCUT2D eigenvalue weighted by atomic mass is 10.3. The summed E-state index contributed by atoms with van der Waals surface area (Å²) in [6.07, 6.45) is 1.67. The third-order valence-electron chi connectivity index (χ3n) is 3.71. The summed E-state index contributed by atoms with van der Waals surface area (Å²) in [5, 5.41) is 1.59. The number of hydrogen-bond donors (Lipinski definition) is 1. The van der Waals surface area contributed by atoms with Gasteiger partial charge in [-0.25, -0.2) is 8.42 Å². The molecule has 1 aromatic heterocycles. The van der Waals surface area contributed by atoms with Crippen molar-refractivity contribution in [3.63, 3.8) is 0 Å². The predicted molar refractivity (Wildman–Crippen MR) is 84.5 cm³/mol. The maximum absolute atomic E-state index is 13.0. The van der Waals surface area contributed by atoms with E-state index in [1.165, 1.54) is 18.4 Å². The lowest BCUT2D eigenvalue weighted by molar-refractivity contribution is -0.120. The first-order chi connectivity index (χ1) is 11.5. The fraction of sp³-hybridized carbons (Fsp3) is 0.312. The summed E-state index contributed by atoms with van der Waals surface area (Å²) in [6.45, 7) is 1.69. The number of hydrogen-bond acceptors (Lipinski definition) is 6. The quantitative estimate of drug-likeness (QED) is 0.856. The minimum absolute atomic E-state index is 0.0625. The molecule has 2 aromatic rings. The summed E-state index contributed by atoms with van der Waals surface area (Å²) in [4.78, 5) is 11.6. The maximum atomic E-state index is 13.0. The highest BCUT2D eigenvalue weighted by Crippen LogP contribution is 2.37. The molecular weight excluding hydrogens is 334 g/mol. The second kappa shape index (κ2) is 6.56. The molecule has 0 saturated carbocycles. The van der Waals surface area contributed by atoms with E-state index in [9.17, 15) is 13.2 Å². The van der Waals surface area contributed by atoms with Gasteiger partial charge in [0, 0.05) is 19.0 Å². The van der Waals surface area contributed by atoms with Gasteiger partial charge < -0.3 is 19.2 Å². The number of carbonyl (C=O) groups excluding carboxylic acids is 1. The Morgan fingerprint density at radius 1 is 1.25 bits per heavy atom. The van der Waals surface area contributed by atoms with Crippen LogP contribution in [-0.2, 0) is 14.6 Å². The molecule has 1 amide bonds. The molecule has 2 heterocycles. The molecule has 0 bridgehead atoms. The number of nitrogens with one attached hydrogen (secondary N) is 1. The Balaban J connectivity index is 1.94. The summed E-state index contributed by atoms with van der Waals surface area (Å²) in [7, 11) is -3.79. The largest absolute Gasteiger partial charge is 0.468 e. The Morgan fingerprint density at radius 2 is 2.04 bits per heavy atom. The molecule has 3 rings (SSSR count). The van der Waals surface area contributed by atoms with Crippen molar-refractivity contribution in [1.82, 2.24) is 5.32 Å². The number of amides is 1. The molecule has 0 spiro atoms. The van der Waals surface area contributed by atoms with Crippen LogP contribution in [0, 0.1) is 0 Å². The van der Waals surface area contributed by atoms with Crippen molar-refractivity contribution in [2.75, 3.05) is 13.3 Å². The van der Waals surface area contributed by atoms with Gasteiger partial charge in [0.15, 0.2) is 21.3 Å². The summed E-state index contributed by atoms with van der Waals surface area (Å²) in [5.41, 5.74) is 0. The number of fused-ring (bicyclic) bond motifs is 1. The van der Waals surface area contributed by atoms with Crippen molar-refractivity contribution in [1.29, 1.82) is 0 Å². The monoisotopic (exact) mass is 351 g/mol.